The maximum atomic E-state index is 13.0. The van der Waals surface area contributed by atoms with E-state index in [0.29, 0.717) is 37.6 Å². The zero-order chi connectivity index (χ0) is 24.6. The molecule has 0 aromatic heterocycles. The van der Waals surface area contributed by atoms with Crippen LogP contribution in [0.3, 0.4) is 0 Å². The van der Waals surface area contributed by atoms with E-state index in [2.05, 4.69) is 12.2 Å². The molecule has 1 aromatic rings. The van der Waals surface area contributed by atoms with Crippen LogP contribution in [0.1, 0.15) is 94.8 Å². The Morgan fingerprint density at radius 3 is 2.18 bits per heavy atom. The molecule has 1 saturated heterocycles. The molecule has 0 spiro atoms. The van der Waals surface area contributed by atoms with E-state index in [1.165, 1.54) is 49.8 Å². The molecular weight excluding hydrogens is 432 g/mol. The van der Waals surface area contributed by atoms with Gasteiger partial charge in [0.25, 0.3) is 5.91 Å². The quantitative estimate of drug-likeness (QED) is 0.273. The van der Waals surface area contributed by atoms with Crippen molar-refractivity contribution in [3.05, 3.63) is 29.8 Å². The molecule has 0 saturated carbocycles. The normalized spacial score (nSPS) is 15.6. The predicted molar refractivity (Wildman–Crippen MR) is 133 cm³/mol. The zero-order valence-electron chi connectivity index (χ0n) is 21.0. The number of nitrogens with one attached hydrogen (secondary N) is 1. The molecule has 0 aliphatic carbocycles. The monoisotopic (exact) mass is 474 g/mol. The molecule has 7 nitrogen and oxygen atoms in total. The Kier molecular flexibility index (Phi) is 13.1. The van der Waals surface area contributed by atoms with Crippen LogP contribution in [0.4, 0.5) is 0 Å². The van der Waals surface area contributed by atoms with Crippen molar-refractivity contribution in [2.24, 2.45) is 0 Å². The van der Waals surface area contributed by atoms with E-state index < -0.39 is 12.0 Å². The predicted octanol–water partition coefficient (Wildman–Crippen LogP) is 4.88. The van der Waals surface area contributed by atoms with E-state index in [-0.39, 0.29) is 18.2 Å². The SMILES string of the molecule is CCCCCCCCCCCCOC(=O)CC1C(=O)NCCN1C(=O)c1ccc(OCC)cc1. The fourth-order valence-corrected chi connectivity index (χ4v) is 4.18. The van der Waals surface area contributed by atoms with Gasteiger partial charge in [0.05, 0.1) is 19.6 Å². The first-order valence-electron chi connectivity index (χ1n) is 13.0. The molecule has 7 heteroatoms. The van der Waals surface area contributed by atoms with Crippen LogP contribution < -0.4 is 10.1 Å². The average molecular weight is 475 g/mol. The molecule has 190 valence electrons. The Labute approximate surface area is 204 Å². The Morgan fingerprint density at radius 2 is 1.56 bits per heavy atom. The lowest BCUT2D eigenvalue weighted by atomic mass is 10.1. The van der Waals surface area contributed by atoms with Crippen LogP contribution in [0.5, 0.6) is 5.75 Å². The lowest BCUT2D eigenvalue weighted by Crippen LogP contribution is -2.57. The van der Waals surface area contributed by atoms with Crippen LogP contribution in [-0.2, 0) is 14.3 Å². The Hall–Kier alpha value is -2.57. The minimum Gasteiger partial charge on any atom is -0.494 e. The molecule has 2 rings (SSSR count). The molecule has 1 heterocycles. The van der Waals surface area contributed by atoms with Gasteiger partial charge in [-0.3, -0.25) is 14.4 Å². The number of carbonyl (C=O) groups excluding carboxylic acids is 3. The summed E-state index contributed by atoms with van der Waals surface area (Å²) in [4.78, 5) is 39.3. The summed E-state index contributed by atoms with van der Waals surface area (Å²) >= 11 is 0. The molecule has 1 unspecified atom stereocenters. The summed E-state index contributed by atoms with van der Waals surface area (Å²) in [6, 6.07) is 5.97. The largest absolute Gasteiger partial charge is 0.494 e. The lowest BCUT2D eigenvalue weighted by Gasteiger charge is -2.34. The van der Waals surface area contributed by atoms with E-state index >= 15 is 0 Å². The Bertz CT molecular complexity index is 750. The van der Waals surface area contributed by atoms with Crippen LogP contribution in [0.2, 0.25) is 0 Å². The van der Waals surface area contributed by atoms with Crippen molar-refractivity contribution in [2.45, 2.75) is 90.5 Å². The molecule has 34 heavy (non-hydrogen) atoms. The highest BCUT2D eigenvalue weighted by molar-refractivity contribution is 5.99. The van der Waals surface area contributed by atoms with Gasteiger partial charge in [-0.15, -0.1) is 0 Å². The van der Waals surface area contributed by atoms with Gasteiger partial charge in [-0.1, -0.05) is 64.7 Å². The molecule has 2 amide bonds. The van der Waals surface area contributed by atoms with Crippen molar-refractivity contribution in [3.63, 3.8) is 0 Å². The summed E-state index contributed by atoms with van der Waals surface area (Å²) in [6.45, 7) is 5.75. The maximum absolute atomic E-state index is 13.0. The molecule has 0 bridgehead atoms. The molecule has 0 radical (unpaired) electrons. The topological polar surface area (TPSA) is 84.9 Å². The standard InChI is InChI=1S/C27H42N2O5/c1-3-5-6-7-8-9-10-11-12-13-20-34-25(30)21-24-26(31)28-18-19-29(24)27(32)22-14-16-23(17-15-22)33-4-2/h14-17,24H,3-13,18-21H2,1-2H3,(H,28,31). The number of hydrogen-bond donors (Lipinski definition) is 1. The minimum atomic E-state index is -0.854. The summed E-state index contributed by atoms with van der Waals surface area (Å²) < 4.78 is 10.8. The number of carbonyl (C=O) groups is 3. The van der Waals surface area contributed by atoms with Crippen molar-refractivity contribution in [2.75, 3.05) is 26.3 Å². The van der Waals surface area contributed by atoms with Crippen molar-refractivity contribution >= 4 is 17.8 Å². The molecule has 1 aliphatic heterocycles. The Balaban J connectivity index is 1.71. The molecule has 1 aliphatic rings. The van der Waals surface area contributed by atoms with Crippen LogP contribution in [0.15, 0.2) is 24.3 Å². The van der Waals surface area contributed by atoms with Crippen molar-refractivity contribution < 1.29 is 23.9 Å². The highest BCUT2D eigenvalue weighted by atomic mass is 16.5. The van der Waals surface area contributed by atoms with Crippen molar-refractivity contribution in [1.29, 1.82) is 0 Å². The highest BCUT2D eigenvalue weighted by Gasteiger charge is 2.35. The highest BCUT2D eigenvalue weighted by Crippen LogP contribution is 2.18. The minimum absolute atomic E-state index is 0.133. The fraction of sp³-hybridized carbons (Fsp3) is 0.667. The Morgan fingerprint density at radius 1 is 0.941 bits per heavy atom. The number of esters is 1. The van der Waals surface area contributed by atoms with Gasteiger partial charge in [-0.05, 0) is 37.6 Å². The van der Waals surface area contributed by atoms with Crippen LogP contribution >= 0.6 is 0 Å². The van der Waals surface area contributed by atoms with E-state index in [1.807, 2.05) is 6.92 Å². The maximum Gasteiger partial charge on any atom is 0.308 e. The molecular formula is C27H42N2O5. The second kappa shape index (κ2) is 16.1. The van der Waals surface area contributed by atoms with Crippen LogP contribution in [-0.4, -0.2) is 55.0 Å². The molecule has 1 atom stereocenters. The smallest absolute Gasteiger partial charge is 0.308 e. The van der Waals surface area contributed by atoms with Gasteiger partial charge >= 0.3 is 5.97 Å². The number of hydrogen-bond acceptors (Lipinski definition) is 5. The lowest BCUT2D eigenvalue weighted by molar-refractivity contribution is -0.147. The van der Waals surface area contributed by atoms with Crippen molar-refractivity contribution in [1.82, 2.24) is 10.2 Å². The van der Waals surface area contributed by atoms with Gasteiger partial charge in [0.1, 0.15) is 11.8 Å². The second-order valence-electron chi connectivity index (χ2n) is 8.87. The number of benzene rings is 1. The summed E-state index contributed by atoms with van der Waals surface area (Å²) in [6.07, 6.45) is 12.0. The average Bonchev–Trinajstić information content (AvgIpc) is 2.84. The summed E-state index contributed by atoms with van der Waals surface area (Å²) in [5.41, 5.74) is 0.460. The third-order valence-corrected chi connectivity index (χ3v) is 6.12. The zero-order valence-corrected chi connectivity index (χ0v) is 21.0. The summed E-state index contributed by atoms with van der Waals surface area (Å²) in [5.74, 6) is -0.350. The van der Waals surface area contributed by atoms with Gasteiger partial charge in [0, 0.05) is 18.7 Å². The van der Waals surface area contributed by atoms with Crippen molar-refractivity contribution in [3.8, 4) is 5.75 Å². The second-order valence-corrected chi connectivity index (χ2v) is 8.87. The molecule has 1 fully saturated rings. The number of amides is 2. The number of rotatable bonds is 16. The first-order valence-corrected chi connectivity index (χ1v) is 13.0. The first-order chi connectivity index (χ1) is 16.6. The molecule has 1 aromatic carbocycles. The van der Waals surface area contributed by atoms with Gasteiger partial charge in [0.2, 0.25) is 5.91 Å². The summed E-state index contributed by atoms with van der Waals surface area (Å²) in [5, 5.41) is 2.75. The number of unbranched alkanes of at least 4 members (excludes halogenated alkanes) is 9. The van der Waals surface area contributed by atoms with Gasteiger partial charge < -0.3 is 19.7 Å². The first kappa shape index (κ1) is 27.7. The van der Waals surface area contributed by atoms with Gasteiger partial charge in [-0.2, -0.15) is 0 Å². The van der Waals surface area contributed by atoms with Crippen LogP contribution in [0.25, 0.3) is 0 Å². The molecule has 1 N–H and O–H groups in total. The van der Waals surface area contributed by atoms with Gasteiger partial charge in [0.15, 0.2) is 0 Å². The van der Waals surface area contributed by atoms with E-state index in [0.717, 1.165) is 19.3 Å². The van der Waals surface area contributed by atoms with E-state index in [1.54, 1.807) is 24.3 Å². The van der Waals surface area contributed by atoms with Crippen LogP contribution in [0, 0.1) is 0 Å². The number of ether oxygens (including phenoxy) is 2. The summed E-state index contributed by atoms with van der Waals surface area (Å²) in [7, 11) is 0. The fourth-order valence-electron chi connectivity index (χ4n) is 4.18. The van der Waals surface area contributed by atoms with Gasteiger partial charge in [-0.25, -0.2) is 0 Å². The third kappa shape index (κ3) is 9.74. The van der Waals surface area contributed by atoms with E-state index in [9.17, 15) is 14.4 Å². The number of piperazine rings is 1. The van der Waals surface area contributed by atoms with E-state index in [4.69, 9.17) is 9.47 Å². The third-order valence-electron chi connectivity index (χ3n) is 6.12. The number of nitrogens with zero attached hydrogens (tertiary/aromatic N) is 1.